The monoisotopic (exact) mass is 867 g/mol. The second-order valence-corrected chi connectivity index (χ2v) is 14.9. The number of hydrogen-bond donors (Lipinski definition) is 0. The molecule has 0 saturated carbocycles. The van der Waals surface area contributed by atoms with E-state index in [1.54, 1.807) is 21.3 Å². The van der Waals surface area contributed by atoms with Crippen LogP contribution in [0.25, 0.3) is 0 Å². The second-order valence-electron chi connectivity index (χ2n) is 14.9. The molecule has 0 aliphatic rings. The van der Waals surface area contributed by atoms with Crippen LogP contribution < -0.4 is 18.9 Å². The average Bonchev–Trinajstić information content (AvgIpc) is 3.25. The minimum absolute atomic E-state index is 0.285. The minimum Gasteiger partial charge on any atom is -0.493 e. The maximum atomic E-state index is 6.36. The molecule has 0 spiro atoms. The van der Waals surface area contributed by atoms with Crippen molar-refractivity contribution >= 4 is 0 Å². The summed E-state index contributed by atoms with van der Waals surface area (Å²) in [4.78, 5) is 0. The van der Waals surface area contributed by atoms with Gasteiger partial charge in [0.15, 0.2) is 11.5 Å². The van der Waals surface area contributed by atoms with Crippen molar-refractivity contribution in [2.24, 2.45) is 0 Å². The molecule has 0 unspecified atom stereocenters. The van der Waals surface area contributed by atoms with Crippen molar-refractivity contribution in [2.45, 2.75) is 91.4 Å². The maximum absolute atomic E-state index is 6.36. The first-order valence-corrected chi connectivity index (χ1v) is 22.7. The molecule has 2 rings (SSSR count). The number of methoxy groups -OCH3 is 3. The van der Waals surface area contributed by atoms with E-state index in [1.807, 2.05) is 12.1 Å². The van der Waals surface area contributed by atoms with Crippen LogP contribution in [0, 0.1) is 13.8 Å². The highest BCUT2D eigenvalue weighted by atomic mass is 16.6. The summed E-state index contributed by atoms with van der Waals surface area (Å²) in [5.74, 6) is 2.60. The third kappa shape index (κ3) is 27.8. The molecule has 13 heteroatoms. The lowest BCUT2D eigenvalue weighted by Gasteiger charge is -2.20. The highest BCUT2D eigenvalue weighted by Gasteiger charge is 2.18. The van der Waals surface area contributed by atoms with Gasteiger partial charge in [0, 0.05) is 21.3 Å². The van der Waals surface area contributed by atoms with E-state index in [-0.39, 0.29) is 6.61 Å². The number of unbranched alkanes of at least 4 members (excludes halogenated alkanes) is 9. The van der Waals surface area contributed by atoms with Crippen molar-refractivity contribution in [3.63, 3.8) is 0 Å². The highest BCUT2D eigenvalue weighted by molar-refractivity contribution is 5.55. The van der Waals surface area contributed by atoms with Gasteiger partial charge in [0.05, 0.1) is 106 Å². The highest BCUT2D eigenvalue weighted by Crippen LogP contribution is 2.40. The van der Waals surface area contributed by atoms with Crippen molar-refractivity contribution in [3.8, 4) is 23.0 Å². The van der Waals surface area contributed by atoms with Crippen LogP contribution in [0.3, 0.4) is 0 Å². The summed E-state index contributed by atoms with van der Waals surface area (Å²) < 4.78 is 74.4. The quantitative estimate of drug-likeness (QED) is 0.0594. The molecule has 0 aliphatic heterocycles. The Balaban J connectivity index is 2.13. The van der Waals surface area contributed by atoms with Gasteiger partial charge in [0.25, 0.3) is 0 Å². The van der Waals surface area contributed by atoms with Gasteiger partial charge in [0.1, 0.15) is 25.6 Å². The standard InChI is InChI=1S/C48H82O13/c1-7-8-9-10-11-12-13-14-15-16-17-60-47-41(2)36-43(37-42(47)3)38-44-39-45(58-33-30-55-27-24-52-21-18-49-4)48(61-35-32-57-29-26-54-23-20-51-6)46(40-44)59-34-31-56-28-25-53-22-19-50-5/h36-37,39-40H,7-35,38H2,1-6H3. The number of ether oxygens (including phenoxy) is 13. The molecule has 0 aliphatic carbocycles. The van der Waals surface area contributed by atoms with E-state index in [9.17, 15) is 0 Å². The maximum Gasteiger partial charge on any atom is 0.203 e. The Morgan fingerprint density at radius 3 is 1.07 bits per heavy atom. The molecule has 13 nitrogen and oxygen atoms in total. The number of aryl methyl sites for hydroxylation is 2. The number of benzene rings is 2. The summed E-state index contributed by atoms with van der Waals surface area (Å²) in [6.07, 6.45) is 13.7. The van der Waals surface area contributed by atoms with Crippen molar-refractivity contribution in [1.82, 2.24) is 0 Å². The summed E-state index contributed by atoms with van der Waals surface area (Å²) in [6.45, 7) is 15.3. The zero-order valence-electron chi connectivity index (χ0n) is 38.8. The summed E-state index contributed by atoms with van der Waals surface area (Å²) in [6, 6.07) is 8.48. The van der Waals surface area contributed by atoms with E-state index in [0.717, 1.165) is 35.5 Å². The van der Waals surface area contributed by atoms with Crippen LogP contribution in [0.15, 0.2) is 24.3 Å². The topological polar surface area (TPSA) is 120 Å². The summed E-state index contributed by atoms with van der Waals surface area (Å²) in [5, 5.41) is 0. The molecule has 0 atom stereocenters. The number of hydrogen-bond acceptors (Lipinski definition) is 13. The van der Waals surface area contributed by atoms with Crippen LogP contribution in [-0.2, 0) is 49.1 Å². The number of rotatable bonds is 44. The van der Waals surface area contributed by atoms with Crippen molar-refractivity contribution in [1.29, 1.82) is 0 Å². The smallest absolute Gasteiger partial charge is 0.203 e. The summed E-state index contributed by atoms with van der Waals surface area (Å²) >= 11 is 0. The molecule has 61 heavy (non-hydrogen) atoms. The largest absolute Gasteiger partial charge is 0.493 e. The molecule has 0 aromatic heterocycles. The van der Waals surface area contributed by atoms with Crippen LogP contribution in [0.2, 0.25) is 0 Å². The molecule has 0 fully saturated rings. The fourth-order valence-corrected chi connectivity index (χ4v) is 6.48. The first-order chi connectivity index (χ1) is 30.0. The van der Waals surface area contributed by atoms with Gasteiger partial charge in [-0.2, -0.15) is 0 Å². The van der Waals surface area contributed by atoms with E-state index in [0.29, 0.717) is 136 Å². The Labute approximate surface area is 368 Å². The molecule has 0 heterocycles. The molecule has 0 amide bonds. The molecule has 0 saturated heterocycles. The fraction of sp³-hybridized carbons (Fsp3) is 0.750. The second kappa shape index (κ2) is 38.9. The zero-order chi connectivity index (χ0) is 43.9. The Kier molecular flexibility index (Phi) is 34.7. The van der Waals surface area contributed by atoms with Gasteiger partial charge in [-0.05, 0) is 61.1 Å². The van der Waals surface area contributed by atoms with Gasteiger partial charge in [0.2, 0.25) is 5.75 Å². The van der Waals surface area contributed by atoms with Gasteiger partial charge >= 0.3 is 0 Å². The van der Waals surface area contributed by atoms with E-state index < -0.39 is 0 Å². The lowest BCUT2D eigenvalue weighted by molar-refractivity contribution is 0.0146. The minimum atomic E-state index is 0.285. The van der Waals surface area contributed by atoms with Gasteiger partial charge in [-0.15, -0.1) is 0 Å². The van der Waals surface area contributed by atoms with Gasteiger partial charge in [-0.1, -0.05) is 76.8 Å². The lowest BCUT2D eigenvalue weighted by atomic mass is 9.99. The summed E-state index contributed by atoms with van der Waals surface area (Å²) in [5.41, 5.74) is 4.44. The lowest BCUT2D eigenvalue weighted by Crippen LogP contribution is -2.15. The first kappa shape index (κ1) is 54.4. The third-order valence-corrected chi connectivity index (χ3v) is 9.61. The van der Waals surface area contributed by atoms with Crippen LogP contribution in [-0.4, -0.2) is 147 Å². The van der Waals surface area contributed by atoms with Crippen LogP contribution in [0.5, 0.6) is 23.0 Å². The molecule has 0 radical (unpaired) electrons. The van der Waals surface area contributed by atoms with E-state index >= 15 is 0 Å². The van der Waals surface area contributed by atoms with Crippen LogP contribution >= 0.6 is 0 Å². The molecular formula is C48H82O13. The van der Waals surface area contributed by atoms with Crippen LogP contribution in [0.4, 0.5) is 0 Å². The SMILES string of the molecule is CCCCCCCCCCCCOc1c(C)cc(Cc2cc(OCCOCCOCCOC)c(OCCOCCOCCOC)c(OCCOCCOCCOC)c2)cc1C. The zero-order valence-corrected chi connectivity index (χ0v) is 38.8. The van der Waals surface area contributed by atoms with Crippen LogP contribution in [0.1, 0.15) is 93.4 Å². The van der Waals surface area contributed by atoms with Gasteiger partial charge < -0.3 is 61.6 Å². The Morgan fingerprint density at radius 2 is 0.656 bits per heavy atom. The summed E-state index contributed by atoms with van der Waals surface area (Å²) in [7, 11) is 4.95. The predicted molar refractivity (Wildman–Crippen MR) is 240 cm³/mol. The van der Waals surface area contributed by atoms with Crippen molar-refractivity contribution in [3.05, 3.63) is 46.5 Å². The fourth-order valence-electron chi connectivity index (χ4n) is 6.48. The molecule has 0 bridgehead atoms. The Bertz CT molecular complexity index is 1240. The Morgan fingerprint density at radius 1 is 0.328 bits per heavy atom. The van der Waals surface area contributed by atoms with E-state index in [4.69, 9.17) is 61.6 Å². The first-order valence-electron chi connectivity index (χ1n) is 22.7. The van der Waals surface area contributed by atoms with E-state index in [1.165, 1.54) is 63.4 Å². The molecule has 2 aromatic carbocycles. The predicted octanol–water partition coefficient (Wildman–Crippen LogP) is 8.37. The Hall–Kier alpha value is -2.72. The van der Waals surface area contributed by atoms with Crippen molar-refractivity contribution < 1.29 is 61.6 Å². The molecule has 0 N–H and O–H groups in total. The third-order valence-electron chi connectivity index (χ3n) is 9.61. The molecular weight excluding hydrogens is 785 g/mol. The van der Waals surface area contributed by atoms with E-state index in [2.05, 4.69) is 32.9 Å². The normalized spacial score (nSPS) is 11.4. The molecule has 352 valence electrons. The molecule has 2 aromatic rings. The van der Waals surface area contributed by atoms with Crippen molar-refractivity contribution in [2.75, 3.05) is 147 Å². The van der Waals surface area contributed by atoms with Gasteiger partial charge in [-0.3, -0.25) is 0 Å². The van der Waals surface area contributed by atoms with Gasteiger partial charge in [-0.25, -0.2) is 0 Å². The average molecular weight is 867 g/mol.